The van der Waals surface area contributed by atoms with Crippen LogP contribution in [0.2, 0.25) is 0 Å². The van der Waals surface area contributed by atoms with Crippen molar-refractivity contribution in [2.75, 3.05) is 6.61 Å². The molecule has 1 aliphatic carbocycles. The van der Waals surface area contributed by atoms with Crippen LogP contribution in [0.4, 0.5) is 4.39 Å². The molecule has 0 radical (unpaired) electrons. The lowest BCUT2D eigenvalue weighted by Crippen LogP contribution is -2.26. The first-order valence-corrected chi connectivity index (χ1v) is 13.7. The number of H-pyrrole nitrogens is 1. The number of fused-ring (bicyclic) bond motifs is 2. The topological polar surface area (TPSA) is 98.4 Å². The van der Waals surface area contributed by atoms with Crippen molar-refractivity contribution in [2.24, 2.45) is 0 Å². The number of Topliss-reactive ketones (excluding diaryl/α,β-unsaturated/α-hetero) is 1. The van der Waals surface area contributed by atoms with Gasteiger partial charge in [0.2, 0.25) is 5.78 Å². The maximum Gasteiger partial charge on any atom is 0.340 e. The average Bonchev–Trinajstić information content (AvgIpc) is 3.26. The van der Waals surface area contributed by atoms with Crippen molar-refractivity contribution in [3.8, 4) is 0 Å². The van der Waals surface area contributed by atoms with Crippen LogP contribution in [0.25, 0.3) is 22.6 Å². The number of nitrogens with zero attached hydrogens (tertiary/aromatic N) is 1. The second-order valence-electron chi connectivity index (χ2n) is 10.2. The van der Waals surface area contributed by atoms with Crippen molar-refractivity contribution in [1.82, 2.24) is 9.97 Å². The largest absolute Gasteiger partial charge is 0.462 e. The number of carbonyl (C=O) groups excluding carboxylic acids is 3. The summed E-state index contributed by atoms with van der Waals surface area (Å²) in [6, 6.07) is 13.6. The number of benzene rings is 2. The molecule has 1 unspecified atom stereocenters. The Morgan fingerprint density at radius 2 is 1.76 bits per heavy atom. The number of ketones is 1. The summed E-state index contributed by atoms with van der Waals surface area (Å²) in [5.74, 6) is -1.88. The summed E-state index contributed by atoms with van der Waals surface area (Å²) in [6.45, 7) is 6.81. The average molecular weight is 555 g/mol. The molecule has 7 nitrogen and oxygen atoms in total. The van der Waals surface area contributed by atoms with E-state index in [0.29, 0.717) is 45.4 Å². The summed E-state index contributed by atoms with van der Waals surface area (Å²) in [5, 5.41) is 0.649. The molecule has 0 saturated heterocycles. The number of hydrogen-bond donors (Lipinski definition) is 1. The minimum Gasteiger partial charge on any atom is -0.462 e. The zero-order chi connectivity index (χ0) is 29.3. The van der Waals surface area contributed by atoms with Crippen LogP contribution in [-0.4, -0.2) is 40.4 Å². The van der Waals surface area contributed by atoms with Crippen molar-refractivity contribution in [3.63, 3.8) is 0 Å². The number of carbonyl (C=O) groups is 3. The number of aryl methyl sites for hydroxylation is 1. The fraction of sp³-hybridized carbons (Fsp3) is 0.273. The molecule has 0 saturated carbocycles. The van der Waals surface area contributed by atoms with E-state index < -0.39 is 23.8 Å². The molecule has 5 rings (SSSR count). The lowest BCUT2D eigenvalue weighted by Gasteiger charge is -2.23. The molecule has 1 N–H and O–H groups in total. The van der Waals surface area contributed by atoms with Gasteiger partial charge in [0, 0.05) is 11.1 Å². The van der Waals surface area contributed by atoms with E-state index in [1.807, 2.05) is 30.3 Å². The lowest BCUT2D eigenvalue weighted by molar-refractivity contribution is 0.0317. The molecule has 1 aliphatic rings. The van der Waals surface area contributed by atoms with Crippen LogP contribution in [0.1, 0.15) is 86.0 Å². The number of para-hydroxylation sites is 1. The van der Waals surface area contributed by atoms with Crippen LogP contribution in [0.15, 0.2) is 48.5 Å². The Morgan fingerprint density at radius 3 is 2.49 bits per heavy atom. The van der Waals surface area contributed by atoms with E-state index in [1.165, 1.54) is 19.1 Å². The van der Waals surface area contributed by atoms with Crippen LogP contribution >= 0.6 is 0 Å². The fourth-order valence-corrected chi connectivity index (χ4v) is 5.45. The van der Waals surface area contributed by atoms with Gasteiger partial charge in [-0.15, -0.1) is 0 Å². The van der Waals surface area contributed by atoms with Crippen LogP contribution in [-0.2, 0) is 15.9 Å². The Kier molecular flexibility index (Phi) is 7.83. The smallest absolute Gasteiger partial charge is 0.340 e. The highest BCUT2D eigenvalue weighted by Gasteiger charge is 2.31. The summed E-state index contributed by atoms with van der Waals surface area (Å²) in [4.78, 5) is 47.5. The molecule has 8 heteroatoms. The van der Waals surface area contributed by atoms with E-state index in [1.54, 1.807) is 32.9 Å². The normalized spacial score (nSPS) is 14.5. The highest BCUT2D eigenvalue weighted by Crippen LogP contribution is 2.36. The first-order valence-electron chi connectivity index (χ1n) is 13.7. The number of allylic oxidation sites excluding steroid dienone is 1. The van der Waals surface area contributed by atoms with E-state index in [0.717, 1.165) is 29.5 Å². The summed E-state index contributed by atoms with van der Waals surface area (Å²) >= 11 is 0. The molecule has 2 heterocycles. The van der Waals surface area contributed by atoms with Gasteiger partial charge in [-0.3, -0.25) is 4.79 Å². The Morgan fingerprint density at radius 1 is 1.02 bits per heavy atom. The van der Waals surface area contributed by atoms with Gasteiger partial charge in [-0.05, 0) is 93.5 Å². The summed E-state index contributed by atoms with van der Waals surface area (Å²) < 4.78 is 24.4. The molecule has 2 aromatic heterocycles. The van der Waals surface area contributed by atoms with Gasteiger partial charge in [-0.25, -0.2) is 19.0 Å². The number of pyridine rings is 1. The zero-order valence-electron chi connectivity index (χ0n) is 23.5. The van der Waals surface area contributed by atoms with E-state index in [2.05, 4.69) is 4.98 Å². The summed E-state index contributed by atoms with van der Waals surface area (Å²) in [5.41, 5.74) is 5.77. The number of ether oxygens (including phenoxy) is 2. The number of hydrogen-bond acceptors (Lipinski definition) is 6. The monoisotopic (exact) mass is 554 g/mol. The maximum atomic E-state index is 13.8. The highest BCUT2D eigenvalue weighted by molar-refractivity contribution is 6.09. The highest BCUT2D eigenvalue weighted by atomic mass is 19.1. The lowest BCUT2D eigenvalue weighted by atomic mass is 9.86. The minimum atomic E-state index is -1.12. The number of aromatic amines is 1. The molecule has 41 heavy (non-hydrogen) atoms. The Hall–Kier alpha value is -4.59. The molecule has 210 valence electrons. The Bertz CT molecular complexity index is 1700. The van der Waals surface area contributed by atoms with Gasteiger partial charge in [0.25, 0.3) is 0 Å². The number of esters is 2. The quantitative estimate of drug-likeness (QED) is 0.199. The van der Waals surface area contributed by atoms with Crippen molar-refractivity contribution < 1.29 is 28.2 Å². The van der Waals surface area contributed by atoms with Gasteiger partial charge in [-0.2, -0.15) is 0 Å². The van der Waals surface area contributed by atoms with Crippen LogP contribution < -0.4 is 0 Å². The fourth-order valence-electron chi connectivity index (χ4n) is 5.45. The Labute approximate surface area is 237 Å². The third-order valence-electron chi connectivity index (χ3n) is 7.40. The number of halogens is 1. The molecule has 0 fully saturated rings. The standard InChI is InChI=1S/C33H31FN2O5/c1-5-40-32(38)27-18(2)29(35-19(27)3)31(37)20(4)41-33(39)28-24-10-6-7-12-26(24)36-30-22(9-8-11-25(28)30)17-21-13-15-23(34)16-14-21/h6-7,10,12-17,20,35H,5,8-9,11H2,1-4H3/b22-17-. The van der Waals surface area contributed by atoms with Crippen LogP contribution in [0.5, 0.6) is 0 Å². The van der Waals surface area contributed by atoms with Crippen molar-refractivity contribution in [2.45, 2.75) is 53.1 Å². The van der Waals surface area contributed by atoms with Gasteiger partial charge in [-0.1, -0.05) is 30.3 Å². The van der Waals surface area contributed by atoms with Gasteiger partial charge in [0.1, 0.15) is 5.82 Å². The van der Waals surface area contributed by atoms with E-state index >= 15 is 0 Å². The van der Waals surface area contributed by atoms with Crippen LogP contribution in [0, 0.1) is 19.7 Å². The molecular formula is C33H31FN2O5. The Balaban J connectivity index is 1.50. The molecule has 4 aromatic rings. The third-order valence-corrected chi connectivity index (χ3v) is 7.40. The zero-order valence-corrected chi connectivity index (χ0v) is 23.5. The predicted molar refractivity (Wildman–Crippen MR) is 154 cm³/mol. The minimum absolute atomic E-state index is 0.206. The van der Waals surface area contributed by atoms with E-state index in [4.69, 9.17) is 14.5 Å². The first-order chi connectivity index (χ1) is 19.7. The first kappa shape index (κ1) is 28.0. The maximum absolute atomic E-state index is 13.8. The van der Waals surface area contributed by atoms with E-state index in [9.17, 15) is 18.8 Å². The molecule has 0 aliphatic heterocycles. The number of nitrogens with one attached hydrogen (secondary N) is 1. The number of rotatable bonds is 7. The van der Waals surface area contributed by atoms with E-state index in [-0.39, 0.29) is 18.1 Å². The molecule has 1 atom stereocenters. The van der Waals surface area contributed by atoms with Gasteiger partial charge < -0.3 is 14.5 Å². The molecule has 0 spiro atoms. The van der Waals surface area contributed by atoms with Crippen molar-refractivity contribution >= 4 is 40.3 Å². The van der Waals surface area contributed by atoms with Crippen molar-refractivity contribution in [1.29, 1.82) is 0 Å². The molecular weight excluding hydrogens is 523 g/mol. The molecule has 0 bridgehead atoms. The van der Waals surface area contributed by atoms with Gasteiger partial charge >= 0.3 is 11.9 Å². The predicted octanol–water partition coefficient (Wildman–Crippen LogP) is 6.80. The molecule has 0 amide bonds. The van der Waals surface area contributed by atoms with Crippen LogP contribution in [0.3, 0.4) is 0 Å². The molecule has 2 aromatic carbocycles. The SMILES string of the molecule is CCOC(=O)c1c(C)[nH]c(C(=O)C(C)OC(=O)c2c3c(nc4ccccc24)/C(=C\c2ccc(F)cc2)CCC3)c1C. The summed E-state index contributed by atoms with van der Waals surface area (Å²) in [6.07, 6.45) is 3.03. The number of aromatic nitrogens is 2. The summed E-state index contributed by atoms with van der Waals surface area (Å²) in [7, 11) is 0. The van der Waals surface area contributed by atoms with Gasteiger partial charge in [0.05, 0.1) is 34.6 Å². The second kappa shape index (κ2) is 11.5. The second-order valence-corrected chi connectivity index (χ2v) is 10.2. The van der Waals surface area contributed by atoms with Crippen molar-refractivity contribution in [3.05, 3.63) is 99.2 Å². The third kappa shape index (κ3) is 5.42. The van der Waals surface area contributed by atoms with Gasteiger partial charge in [0.15, 0.2) is 6.10 Å².